The Morgan fingerprint density at radius 1 is 1.50 bits per heavy atom. The molecule has 0 saturated heterocycles. The molecule has 0 radical (unpaired) electrons. The molecule has 1 aromatic carbocycles. The molecule has 5 nitrogen and oxygen atoms in total. The molecule has 0 aliphatic heterocycles. The minimum Gasteiger partial charge on any atom is -0.308 e. The van der Waals surface area contributed by atoms with E-state index in [1.165, 1.54) is 16.9 Å². The van der Waals surface area contributed by atoms with Crippen molar-refractivity contribution < 1.29 is 13.6 Å². The third-order valence-corrected chi connectivity index (χ3v) is 2.57. The number of carbonyl (C=O) groups excluding carboxylic acids is 1. The molecule has 102 valence electrons. The maximum Gasteiger partial charge on any atom is 0.230 e. The third-order valence-electron chi connectivity index (χ3n) is 2.57. The molecule has 2 aromatic rings. The first-order valence-corrected chi connectivity index (χ1v) is 5.67. The average molecular weight is 276 g/mol. The molecule has 0 aliphatic carbocycles. The van der Waals surface area contributed by atoms with Crippen molar-refractivity contribution in [2.24, 2.45) is 7.05 Å². The zero-order valence-electron chi connectivity index (χ0n) is 10.5. The highest BCUT2D eigenvalue weighted by molar-refractivity contribution is 5.92. The van der Waals surface area contributed by atoms with E-state index in [1.807, 2.05) is 6.07 Å². The van der Waals surface area contributed by atoms with E-state index in [0.717, 1.165) is 6.07 Å². The Labute approximate surface area is 113 Å². The van der Waals surface area contributed by atoms with Gasteiger partial charge in [-0.25, -0.2) is 8.78 Å². The third kappa shape index (κ3) is 2.98. The Balaban J connectivity index is 2.11. The van der Waals surface area contributed by atoms with Crippen LogP contribution in [0, 0.1) is 23.0 Å². The van der Waals surface area contributed by atoms with Gasteiger partial charge in [0.1, 0.15) is 23.3 Å². The van der Waals surface area contributed by atoms with Gasteiger partial charge in [-0.15, -0.1) is 0 Å². The SMILES string of the molecule is Cn1cc(C#N)c(NC(=O)Cc2ccc(F)cc2F)n1. The van der Waals surface area contributed by atoms with Gasteiger partial charge >= 0.3 is 0 Å². The molecule has 0 aliphatic rings. The van der Waals surface area contributed by atoms with E-state index in [2.05, 4.69) is 10.4 Å². The first kappa shape index (κ1) is 13.7. The molecule has 1 amide bonds. The molecule has 7 heteroatoms. The summed E-state index contributed by atoms with van der Waals surface area (Å²) in [7, 11) is 1.61. The molecular formula is C13H10F2N4O. The van der Waals surface area contributed by atoms with Crippen molar-refractivity contribution in [3.8, 4) is 6.07 Å². The molecular weight excluding hydrogens is 266 g/mol. The fourth-order valence-corrected chi connectivity index (χ4v) is 1.68. The van der Waals surface area contributed by atoms with Crippen LogP contribution < -0.4 is 5.32 Å². The molecule has 0 bridgehead atoms. The molecule has 20 heavy (non-hydrogen) atoms. The number of nitriles is 1. The second-order valence-electron chi connectivity index (χ2n) is 4.14. The minimum atomic E-state index is -0.790. The first-order chi connectivity index (χ1) is 9.49. The maximum absolute atomic E-state index is 13.4. The van der Waals surface area contributed by atoms with Gasteiger partial charge in [0.2, 0.25) is 5.91 Å². The maximum atomic E-state index is 13.4. The number of anilines is 1. The second kappa shape index (κ2) is 5.48. The summed E-state index contributed by atoms with van der Waals surface area (Å²) in [6, 6.07) is 4.87. The van der Waals surface area contributed by atoms with Crippen LogP contribution in [0.5, 0.6) is 0 Å². The van der Waals surface area contributed by atoms with Crippen molar-refractivity contribution in [3.05, 3.63) is 47.2 Å². The Hall–Kier alpha value is -2.75. The highest BCUT2D eigenvalue weighted by Crippen LogP contribution is 2.13. The van der Waals surface area contributed by atoms with Crippen molar-refractivity contribution in [2.75, 3.05) is 5.32 Å². The van der Waals surface area contributed by atoms with Gasteiger partial charge in [0.15, 0.2) is 5.82 Å². The standard InChI is InChI=1S/C13H10F2N4O/c1-19-7-9(6-16)13(18-19)17-12(20)4-8-2-3-10(14)5-11(8)15/h2-3,5,7H,4H2,1H3,(H,17,18,20). The number of benzene rings is 1. The summed E-state index contributed by atoms with van der Waals surface area (Å²) >= 11 is 0. The molecule has 2 rings (SSSR count). The van der Waals surface area contributed by atoms with Gasteiger partial charge in [0.05, 0.1) is 6.42 Å². The summed E-state index contributed by atoms with van der Waals surface area (Å²) < 4.78 is 27.5. The van der Waals surface area contributed by atoms with Crippen LogP contribution in [0.25, 0.3) is 0 Å². The van der Waals surface area contributed by atoms with Gasteiger partial charge in [-0.2, -0.15) is 10.4 Å². The average Bonchev–Trinajstić information content (AvgIpc) is 2.73. The zero-order valence-corrected chi connectivity index (χ0v) is 10.5. The van der Waals surface area contributed by atoms with Crippen molar-refractivity contribution in [1.29, 1.82) is 5.26 Å². The molecule has 1 heterocycles. The largest absolute Gasteiger partial charge is 0.308 e. The monoisotopic (exact) mass is 276 g/mol. The fraction of sp³-hybridized carbons (Fsp3) is 0.154. The number of hydrogen-bond acceptors (Lipinski definition) is 3. The lowest BCUT2D eigenvalue weighted by Gasteiger charge is -2.04. The predicted molar refractivity (Wildman–Crippen MR) is 66.6 cm³/mol. The number of aromatic nitrogens is 2. The van der Waals surface area contributed by atoms with E-state index >= 15 is 0 Å². The van der Waals surface area contributed by atoms with Crippen molar-refractivity contribution in [2.45, 2.75) is 6.42 Å². The number of hydrogen-bond donors (Lipinski definition) is 1. The number of aryl methyl sites for hydroxylation is 1. The van der Waals surface area contributed by atoms with Gasteiger partial charge < -0.3 is 5.32 Å². The molecule has 0 spiro atoms. The minimum absolute atomic E-state index is 0.0679. The van der Waals surface area contributed by atoms with Crippen LogP contribution in [-0.4, -0.2) is 15.7 Å². The van der Waals surface area contributed by atoms with E-state index in [9.17, 15) is 13.6 Å². The van der Waals surface area contributed by atoms with Crippen LogP contribution in [0.4, 0.5) is 14.6 Å². The number of rotatable bonds is 3. The lowest BCUT2D eigenvalue weighted by molar-refractivity contribution is -0.115. The summed E-state index contributed by atoms with van der Waals surface area (Å²) in [4.78, 5) is 11.8. The van der Waals surface area contributed by atoms with Gasteiger partial charge in [0, 0.05) is 19.3 Å². The van der Waals surface area contributed by atoms with E-state index in [0.29, 0.717) is 6.07 Å². The predicted octanol–water partition coefficient (Wildman–Crippen LogP) is 1.75. The van der Waals surface area contributed by atoms with Crippen LogP contribution in [0.15, 0.2) is 24.4 Å². The van der Waals surface area contributed by atoms with Crippen LogP contribution in [0.2, 0.25) is 0 Å². The number of nitrogens with one attached hydrogen (secondary N) is 1. The van der Waals surface area contributed by atoms with Gasteiger partial charge in [0.25, 0.3) is 0 Å². The highest BCUT2D eigenvalue weighted by atomic mass is 19.1. The van der Waals surface area contributed by atoms with E-state index in [4.69, 9.17) is 5.26 Å². The Morgan fingerprint density at radius 2 is 2.25 bits per heavy atom. The van der Waals surface area contributed by atoms with Crippen molar-refractivity contribution in [1.82, 2.24) is 9.78 Å². The zero-order chi connectivity index (χ0) is 14.7. The van der Waals surface area contributed by atoms with Gasteiger partial charge in [-0.1, -0.05) is 6.07 Å². The number of amides is 1. The number of nitrogens with zero attached hydrogens (tertiary/aromatic N) is 3. The molecule has 0 unspecified atom stereocenters. The van der Waals surface area contributed by atoms with Crippen LogP contribution >= 0.6 is 0 Å². The highest BCUT2D eigenvalue weighted by Gasteiger charge is 2.13. The Morgan fingerprint density at radius 3 is 2.90 bits per heavy atom. The number of carbonyl (C=O) groups is 1. The number of halogens is 2. The molecule has 0 atom stereocenters. The van der Waals surface area contributed by atoms with Gasteiger partial charge in [-0.3, -0.25) is 9.48 Å². The molecule has 1 N–H and O–H groups in total. The first-order valence-electron chi connectivity index (χ1n) is 5.67. The topological polar surface area (TPSA) is 70.7 Å². The van der Waals surface area contributed by atoms with Crippen LogP contribution in [0.1, 0.15) is 11.1 Å². The summed E-state index contributed by atoms with van der Waals surface area (Å²) in [6.45, 7) is 0. The summed E-state index contributed by atoms with van der Waals surface area (Å²) in [6.07, 6.45) is 1.18. The van der Waals surface area contributed by atoms with Crippen molar-refractivity contribution >= 4 is 11.7 Å². The fourth-order valence-electron chi connectivity index (χ4n) is 1.68. The van der Waals surface area contributed by atoms with E-state index in [1.54, 1.807) is 7.05 Å². The quantitative estimate of drug-likeness (QED) is 0.928. The smallest absolute Gasteiger partial charge is 0.230 e. The summed E-state index contributed by atoms with van der Waals surface area (Å²) in [5.41, 5.74) is 0.277. The molecule has 0 fully saturated rings. The molecule has 1 aromatic heterocycles. The Kier molecular flexibility index (Phi) is 3.75. The van der Waals surface area contributed by atoms with E-state index in [-0.39, 0.29) is 23.4 Å². The second-order valence-corrected chi connectivity index (χ2v) is 4.14. The van der Waals surface area contributed by atoms with E-state index < -0.39 is 17.5 Å². The normalized spacial score (nSPS) is 10.1. The van der Waals surface area contributed by atoms with Gasteiger partial charge in [-0.05, 0) is 11.6 Å². The van der Waals surface area contributed by atoms with Crippen LogP contribution in [-0.2, 0) is 18.3 Å². The Bertz CT molecular complexity index is 703. The van der Waals surface area contributed by atoms with Crippen molar-refractivity contribution in [3.63, 3.8) is 0 Å². The van der Waals surface area contributed by atoms with Crippen LogP contribution in [0.3, 0.4) is 0 Å². The summed E-state index contributed by atoms with van der Waals surface area (Å²) in [5.74, 6) is -1.92. The lowest BCUT2D eigenvalue weighted by atomic mass is 10.1. The summed E-state index contributed by atoms with van der Waals surface area (Å²) in [5, 5.41) is 15.2. The lowest BCUT2D eigenvalue weighted by Crippen LogP contribution is -2.16. The molecule has 0 saturated carbocycles.